The zero-order chi connectivity index (χ0) is 22.1. The summed E-state index contributed by atoms with van der Waals surface area (Å²) >= 11 is 0. The van der Waals surface area contributed by atoms with Crippen LogP contribution in [0.1, 0.15) is 54.4 Å². The van der Waals surface area contributed by atoms with Crippen LogP contribution in [0.2, 0.25) is 0 Å². The summed E-state index contributed by atoms with van der Waals surface area (Å²) in [7, 11) is 0. The molecule has 0 saturated heterocycles. The first-order chi connectivity index (χ1) is 14.9. The van der Waals surface area contributed by atoms with Gasteiger partial charge < -0.3 is 0 Å². The van der Waals surface area contributed by atoms with Crippen LogP contribution in [0.4, 0.5) is 22.0 Å². The van der Waals surface area contributed by atoms with Crippen molar-refractivity contribution in [3.8, 4) is 11.1 Å². The van der Waals surface area contributed by atoms with Gasteiger partial charge in [-0.25, -0.2) is 22.0 Å². The average molecular weight is 430 g/mol. The molecule has 0 N–H and O–H groups in total. The molecule has 0 heterocycles. The zero-order valence-electron chi connectivity index (χ0n) is 17.3. The molecule has 0 nitrogen and oxygen atoms in total. The molecule has 0 bridgehead atoms. The van der Waals surface area contributed by atoms with Crippen LogP contribution in [0.5, 0.6) is 0 Å². The lowest BCUT2D eigenvalue weighted by Crippen LogP contribution is -2.18. The third kappa shape index (κ3) is 4.10. The van der Waals surface area contributed by atoms with Crippen molar-refractivity contribution in [2.45, 2.75) is 51.4 Å². The molecule has 1 unspecified atom stereocenters. The first kappa shape index (κ1) is 21.5. The van der Waals surface area contributed by atoms with Crippen molar-refractivity contribution >= 4 is 0 Å². The molecule has 0 fully saturated rings. The van der Waals surface area contributed by atoms with E-state index in [1.165, 1.54) is 5.56 Å². The number of fused-ring (bicyclic) bond motifs is 1. The summed E-state index contributed by atoms with van der Waals surface area (Å²) in [5.41, 5.74) is 1.55. The molecule has 3 aromatic carbocycles. The molecule has 0 aliphatic heterocycles. The maximum absolute atomic E-state index is 15.2. The van der Waals surface area contributed by atoms with E-state index in [2.05, 4.69) is 19.1 Å². The summed E-state index contributed by atoms with van der Waals surface area (Å²) in [4.78, 5) is 0. The summed E-state index contributed by atoms with van der Waals surface area (Å²) in [6.07, 6.45) is 4.27. The van der Waals surface area contributed by atoms with Gasteiger partial charge in [0.05, 0.1) is 5.56 Å². The number of aryl methyl sites for hydroxylation is 1. The van der Waals surface area contributed by atoms with Gasteiger partial charge >= 0.3 is 0 Å². The highest BCUT2D eigenvalue weighted by molar-refractivity contribution is 5.67. The number of benzene rings is 3. The van der Waals surface area contributed by atoms with E-state index in [1.54, 1.807) is 0 Å². The van der Waals surface area contributed by atoms with Crippen molar-refractivity contribution in [3.63, 3.8) is 0 Å². The van der Waals surface area contributed by atoms with Gasteiger partial charge in [0.2, 0.25) is 0 Å². The number of unbranched alkanes of at least 4 members (excludes halogenated alkanes) is 1. The fourth-order valence-electron chi connectivity index (χ4n) is 4.42. The van der Waals surface area contributed by atoms with Gasteiger partial charge in [0.25, 0.3) is 0 Å². The van der Waals surface area contributed by atoms with Gasteiger partial charge in [-0.15, -0.1) is 0 Å². The number of rotatable bonds is 5. The standard InChI is InChI=1S/C26H23F5/c1-2-3-4-15-5-7-16(8-6-15)17-9-11-19-20(13-17)25(30)26(31)23(24(19)29)18-10-12-21(27)22(28)14-18/h5-8,10,12,14,17H,2-4,9,11,13H2,1H3. The molecule has 1 atom stereocenters. The molecule has 0 amide bonds. The van der Waals surface area contributed by atoms with Gasteiger partial charge in [-0.05, 0) is 78.0 Å². The maximum atomic E-state index is 15.2. The number of halogens is 5. The van der Waals surface area contributed by atoms with Gasteiger partial charge in [-0.3, -0.25) is 0 Å². The van der Waals surface area contributed by atoms with Gasteiger partial charge in [0.15, 0.2) is 23.3 Å². The van der Waals surface area contributed by atoms with E-state index in [1.807, 2.05) is 12.1 Å². The Kier molecular flexibility index (Phi) is 6.12. The van der Waals surface area contributed by atoms with Crippen LogP contribution in [0, 0.1) is 29.1 Å². The van der Waals surface area contributed by atoms with Gasteiger partial charge in [0, 0.05) is 0 Å². The first-order valence-corrected chi connectivity index (χ1v) is 10.6. The van der Waals surface area contributed by atoms with Gasteiger partial charge in [0.1, 0.15) is 5.82 Å². The van der Waals surface area contributed by atoms with Crippen LogP contribution in [0.15, 0.2) is 42.5 Å². The normalized spacial score (nSPS) is 15.7. The summed E-state index contributed by atoms with van der Waals surface area (Å²) in [6, 6.07) is 10.7. The van der Waals surface area contributed by atoms with E-state index in [0.29, 0.717) is 12.5 Å². The Morgan fingerprint density at radius 1 is 0.806 bits per heavy atom. The molecule has 1 aliphatic carbocycles. The quantitative estimate of drug-likeness (QED) is 0.288. The molecular formula is C26H23F5. The zero-order valence-corrected chi connectivity index (χ0v) is 17.3. The number of hydrogen-bond donors (Lipinski definition) is 0. The summed E-state index contributed by atoms with van der Waals surface area (Å²) in [5.74, 6) is -5.77. The fraction of sp³-hybridized carbons (Fsp3) is 0.308. The van der Waals surface area contributed by atoms with E-state index < -0.39 is 34.6 Å². The summed E-state index contributed by atoms with van der Waals surface area (Å²) in [5, 5.41) is 0. The lowest BCUT2D eigenvalue weighted by Gasteiger charge is -2.27. The highest BCUT2D eigenvalue weighted by Crippen LogP contribution is 2.40. The molecule has 0 radical (unpaired) electrons. The third-order valence-electron chi connectivity index (χ3n) is 6.20. The molecule has 162 valence electrons. The van der Waals surface area contributed by atoms with E-state index in [0.717, 1.165) is 37.0 Å². The summed E-state index contributed by atoms with van der Waals surface area (Å²) < 4.78 is 71.8. The highest BCUT2D eigenvalue weighted by Gasteiger charge is 2.31. The van der Waals surface area contributed by atoms with E-state index in [-0.39, 0.29) is 35.4 Å². The monoisotopic (exact) mass is 430 g/mol. The lowest BCUT2D eigenvalue weighted by atomic mass is 9.78. The second-order valence-corrected chi connectivity index (χ2v) is 8.19. The highest BCUT2D eigenvalue weighted by atomic mass is 19.2. The van der Waals surface area contributed by atoms with Crippen molar-refractivity contribution in [2.24, 2.45) is 0 Å². The number of hydrogen-bond acceptors (Lipinski definition) is 0. The third-order valence-corrected chi connectivity index (χ3v) is 6.20. The molecule has 31 heavy (non-hydrogen) atoms. The minimum atomic E-state index is -1.36. The fourth-order valence-corrected chi connectivity index (χ4v) is 4.42. The van der Waals surface area contributed by atoms with Crippen LogP contribution < -0.4 is 0 Å². The maximum Gasteiger partial charge on any atom is 0.169 e. The van der Waals surface area contributed by atoms with E-state index in [9.17, 15) is 17.6 Å². The molecule has 5 heteroatoms. The second kappa shape index (κ2) is 8.81. The minimum absolute atomic E-state index is 0.0323. The average Bonchev–Trinajstić information content (AvgIpc) is 2.78. The molecule has 0 aromatic heterocycles. The molecule has 0 spiro atoms. The molecule has 3 aromatic rings. The van der Waals surface area contributed by atoms with E-state index >= 15 is 4.39 Å². The Balaban J connectivity index is 1.67. The molecular weight excluding hydrogens is 407 g/mol. The topological polar surface area (TPSA) is 0 Å². The molecule has 0 saturated carbocycles. The molecule has 1 aliphatic rings. The van der Waals surface area contributed by atoms with Crippen molar-refractivity contribution < 1.29 is 22.0 Å². The Morgan fingerprint density at radius 2 is 1.55 bits per heavy atom. The first-order valence-electron chi connectivity index (χ1n) is 10.6. The Morgan fingerprint density at radius 3 is 2.23 bits per heavy atom. The largest absolute Gasteiger partial charge is 0.206 e. The Hall–Kier alpha value is -2.69. The van der Waals surface area contributed by atoms with Crippen LogP contribution in [0.25, 0.3) is 11.1 Å². The molecule has 4 rings (SSSR count). The SMILES string of the molecule is CCCCc1ccc(C2CCc3c(F)c(-c4ccc(F)c(F)c4)c(F)c(F)c3C2)cc1. The lowest BCUT2D eigenvalue weighted by molar-refractivity contribution is 0.458. The second-order valence-electron chi connectivity index (χ2n) is 8.19. The van der Waals surface area contributed by atoms with Crippen molar-refractivity contribution in [1.82, 2.24) is 0 Å². The predicted octanol–water partition coefficient (Wildman–Crippen LogP) is 7.66. The minimum Gasteiger partial charge on any atom is -0.206 e. The van der Waals surface area contributed by atoms with Crippen molar-refractivity contribution in [2.75, 3.05) is 0 Å². The van der Waals surface area contributed by atoms with Gasteiger partial charge in [-0.1, -0.05) is 43.7 Å². The van der Waals surface area contributed by atoms with Crippen LogP contribution in [-0.4, -0.2) is 0 Å². The van der Waals surface area contributed by atoms with Crippen LogP contribution in [-0.2, 0) is 19.3 Å². The summed E-state index contributed by atoms with van der Waals surface area (Å²) in [6.45, 7) is 2.14. The van der Waals surface area contributed by atoms with Crippen molar-refractivity contribution in [1.29, 1.82) is 0 Å². The Labute approximate surface area is 178 Å². The smallest absolute Gasteiger partial charge is 0.169 e. The van der Waals surface area contributed by atoms with Crippen LogP contribution in [0.3, 0.4) is 0 Å². The predicted molar refractivity (Wildman–Crippen MR) is 111 cm³/mol. The van der Waals surface area contributed by atoms with Crippen LogP contribution >= 0.6 is 0 Å². The van der Waals surface area contributed by atoms with E-state index in [4.69, 9.17) is 0 Å². The Bertz CT molecular complexity index is 1100. The van der Waals surface area contributed by atoms with Crippen molar-refractivity contribution in [3.05, 3.63) is 93.8 Å². The van der Waals surface area contributed by atoms with Gasteiger partial charge in [-0.2, -0.15) is 0 Å².